The van der Waals surface area contributed by atoms with Crippen molar-refractivity contribution in [2.45, 2.75) is 44.2 Å². The smallest absolute Gasteiger partial charge is 0.260 e. The quantitative estimate of drug-likeness (QED) is 0.855. The Bertz CT molecular complexity index is 577. The van der Waals surface area contributed by atoms with Crippen LogP contribution >= 0.6 is 0 Å². The summed E-state index contributed by atoms with van der Waals surface area (Å²) in [6.45, 7) is 1.33. The Balaban J connectivity index is 1.55. The van der Waals surface area contributed by atoms with Gasteiger partial charge in [-0.2, -0.15) is 5.26 Å². The molecule has 1 aromatic carbocycles. The summed E-state index contributed by atoms with van der Waals surface area (Å²) < 4.78 is 11.4. The molecule has 0 bridgehead atoms. The van der Waals surface area contributed by atoms with Crippen LogP contribution in [0.1, 0.15) is 31.2 Å². The van der Waals surface area contributed by atoms with Crippen molar-refractivity contribution in [2.24, 2.45) is 0 Å². The van der Waals surface area contributed by atoms with Gasteiger partial charge in [-0.3, -0.25) is 4.79 Å². The third-order valence-corrected chi connectivity index (χ3v) is 4.62. The molecule has 1 saturated carbocycles. The van der Waals surface area contributed by atoms with Gasteiger partial charge in [0.15, 0.2) is 6.61 Å². The lowest BCUT2D eigenvalue weighted by molar-refractivity contribution is -0.151. The Morgan fingerprint density at radius 2 is 2.09 bits per heavy atom. The minimum Gasteiger partial charge on any atom is -0.484 e. The van der Waals surface area contributed by atoms with Gasteiger partial charge >= 0.3 is 0 Å². The fraction of sp³-hybridized carbons (Fsp3) is 0.556. The second-order valence-electron chi connectivity index (χ2n) is 6.12. The van der Waals surface area contributed by atoms with Crippen LogP contribution in [0.5, 0.6) is 5.75 Å². The van der Waals surface area contributed by atoms with E-state index in [2.05, 4.69) is 6.07 Å². The van der Waals surface area contributed by atoms with Crippen molar-refractivity contribution in [1.29, 1.82) is 5.26 Å². The Morgan fingerprint density at radius 3 is 2.87 bits per heavy atom. The molecule has 1 saturated heterocycles. The minimum atomic E-state index is 0.0336. The van der Waals surface area contributed by atoms with Crippen molar-refractivity contribution in [3.05, 3.63) is 29.8 Å². The first-order chi connectivity index (χ1) is 11.3. The molecule has 1 aromatic rings. The summed E-state index contributed by atoms with van der Waals surface area (Å²) in [5, 5.41) is 8.66. The minimum absolute atomic E-state index is 0.0336. The molecule has 2 atom stereocenters. The lowest BCUT2D eigenvalue weighted by atomic mass is 9.90. The van der Waals surface area contributed by atoms with E-state index in [0.29, 0.717) is 25.3 Å². The van der Waals surface area contributed by atoms with Gasteiger partial charge in [-0.1, -0.05) is 25.0 Å². The van der Waals surface area contributed by atoms with E-state index in [-0.39, 0.29) is 24.7 Å². The molecule has 23 heavy (non-hydrogen) atoms. The highest BCUT2D eigenvalue weighted by Crippen LogP contribution is 2.28. The molecule has 1 aliphatic heterocycles. The highest BCUT2D eigenvalue weighted by molar-refractivity contribution is 5.78. The number of rotatable bonds is 4. The number of nitrogens with zero attached hydrogens (tertiary/aromatic N) is 2. The molecule has 1 aliphatic carbocycles. The highest BCUT2D eigenvalue weighted by atomic mass is 16.5. The zero-order valence-electron chi connectivity index (χ0n) is 13.2. The summed E-state index contributed by atoms with van der Waals surface area (Å²) in [7, 11) is 0. The Morgan fingerprint density at radius 1 is 1.30 bits per heavy atom. The largest absolute Gasteiger partial charge is 0.484 e. The normalized spacial score (nSPS) is 23.7. The third-order valence-electron chi connectivity index (χ3n) is 4.62. The van der Waals surface area contributed by atoms with Crippen molar-refractivity contribution in [3.63, 3.8) is 0 Å². The fourth-order valence-electron chi connectivity index (χ4n) is 3.43. The summed E-state index contributed by atoms with van der Waals surface area (Å²) in [5.41, 5.74) is 0.949. The fourth-order valence-corrected chi connectivity index (χ4v) is 3.43. The SMILES string of the molecule is N#CCc1ccc(OCC(=O)N2CCO[C@@H]3CCCC[C@@H]32)cc1. The zero-order valence-corrected chi connectivity index (χ0v) is 13.2. The van der Waals surface area contributed by atoms with Crippen molar-refractivity contribution >= 4 is 5.91 Å². The van der Waals surface area contributed by atoms with Gasteiger partial charge in [-0.25, -0.2) is 0 Å². The predicted octanol–water partition coefficient (Wildman–Crippen LogP) is 2.30. The molecule has 0 spiro atoms. The Kier molecular flexibility index (Phi) is 5.14. The molecule has 0 aromatic heterocycles. The monoisotopic (exact) mass is 314 g/mol. The van der Waals surface area contributed by atoms with Crippen LogP contribution in [0.2, 0.25) is 0 Å². The van der Waals surface area contributed by atoms with Gasteiger partial charge in [-0.15, -0.1) is 0 Å². The molecule has 5 nitrogen and oxygen atoms in total. The van der Waals surface area contributed by atoms with Gasteiger partial charge < -0.3 is 14.4 Å². The molecule has 0 unspecified atom stereocenters. The van der Waals surface area contributed by atoms with Gasteiger partial charge in [-0.05, 0) is 30.5 Å². The number of hydrogen-bond donors (Lipinski definition) is 0. The summed E-state index contributed by atoms with van der Waals surface area (Å²) in [6, 6.07) is 9.65. The van der Waals surface area contributed by atoms with E-state index in [4.69, 9.17) is 14.7 Å². The molecule has 5 heteroatoms. The van der Waals surface area contributed by atoms with Crippen LogP contribution in [0.15, 0.2) is 24.3 Å². The molecule has 2 aliphatic rings. The van der Waals surface area contributed by atoms with E-state index in [1.165, 1.54) is 6.42 Å². The van der Waals surface area contributed by atoms with Crippen molar-refractivity contribution in [1.82, 2.24) is 4.90 Å². The molecule has 1 heterocycles. The molecule has 3 rings (SSSR count). The zero-order chi connectivity index (χ0) is 16.1. The van der Waals surface area contributed by atoms with Crippen molar-refractivity contribution < 1.29 is 14.3 Å². The molecular weight excluding hydrogens is 292 g/mol. The maximum atomic E-state index is 12.5. The number of amides is 1. The van der Waals surface area contributed by atoms with Crippen LogP contribution in [0.4, 0.5) is 0 Å². The van der Waals surface area contributed by atoms with Gasteiger partial charge in [0.05, 0.1) is 31.2 Å². The third kappa shape index (κ3) is 3.83. The standard InChI is InChI=1S/C18H22N2O3/c19-10-9-14-5-7-15(8-6-14)23-13-18(21)20-11-12-22-17-4-2-1-3-16(17)20/h5-8,16-17H,1-4,9,11-13H2/t16-,17+/m0/s1. The highest BCUT2D eigenvalue weighted by Gasteiger charge is 2.36. The summed E-state index contributed by atoms with van der Waals surface area (Å²) in [4.78, 5) is 14.4. The molecule has 1 amide bonds. The molecule has 122 valence electrons. The van der Waals surface area contributed by atoms with Crippen LogP contribution in [0, 0.1) is 11.3 Å². The van der Waals surface area contributed by atoms with E-state index in [0.717, 1.165) is 24.8 Å². The number of ether oxygens (including phenoxy) is 2. The van der Waals surface area contributed by atoms with E-state index >= 15 is 0 Å². The van der Waals surface area contributed by atoms with Crippen LogP contribution in [-0.4, -0.2) is 42.7 Å². The second kappa shape index (κ2) is 7.47. The molecule has 0 N–H and O–H groups in total. The average Bonchev–Trinajstić information content (AvgIpc) is 2.60. The number of carbonyl (C=O) groups excluding carboxylic acids is 1. The van der Waals surface area contributed by atoms with Gasteiger partial charge in [0, 0.05) is 6.54 Å². The number of nitriles is 1. The molecule has 0 radical (unpaired) electrons. The summed E-state index contributed by atoms with van der Waals surface area (Å²) in [5.74, 6) is 0.694. The summed E-state index contributed by atoms with van der Waals surface area (Å²) in [6.07, 6.45) is 5.02. The first-order valence-corrected chi connectivity index (χ1v) is 8.27. The number of fused-ring (bicyclic) bond motifs is 1. The first kappa shape index (κ1) is 15.8. The second-order valence-corrected chi connectivity index (χ2v) is 6.12. The van der Waals surface area contributed by atoms with E-state index in [1.807, 2.05) is 29.2 Å². The van der Waals surface area contributed by atoms with Crippen LogP contribution in [0.25, 0.3) is 0 Å². The average molecular weight is 314 g/mol. The predicted molar refractivity (Wildman–Crippen MR) is 85.0 cm³/mol. The number of benzene rings is 1. The maximum absolute atomic E-state index is 12.5. The number of carbonyl (C=O) groups is 1. The van der Waals surface area contributed by atoms with Crippen molar-refractivity contribution in [2.75, 3.05) is 19.8 Å². The topological polar surface area (TPSA) is 62.6 Å². The van der Waals surface area contributed by atoms with Crippen LogP contribution in [-0.2, 0) is 16.0 Å². The van der Waals surface area contributed by atoms with E-state index in [9.17, 15) is 4.79 Å². The van der Waals surface area contributed by atoms with Gasteiger partial charge in [0.1, 0.15) is 5.75 Å². The van der Waals surface area contributed by atoms with Gasteiger partial charge in [0.2, 0.25) is 0 Å². The summed E-state index contributed by atoms with van der Waals surface area (Å²) >= 11 is 0. The lowest BCUT2D eigenvalue weighted by Gasteiger charge is -2.43. The van der Waals surface area contributed by atoms with Crippen molar-refractivity contribution in [3.8, 4) is 11.8 Å². The Hall–Kier alpha value is -2.06. The lowest BCUT2D eigenvalue weighted by Crippen LogP contribution is -2.55. The van der Waals surface area contributed by atoms with Crippen LogP contribution < -0.4 is 4.74 Å². The van der Waals surface area contributed by atoms with Crippen LogP contribution in [0.3, 0.4) is 0 Å². The Labute approximate surface area is 136 Å². The molecule has 2 fully saturated rings. The van der Waals surface area contributed by atoms with E-state index < -0.39 is 0 Å². The van der Waals surface area contributed by atoms with E-state index in [1.54, 1.807) is 0 Å². The first-order valence-electron chi connectivity index (χ1n) is 8.27. The molecular formula is C18H22N2O3. The van der Waals surface area contributed by atoms with Gasteiger partial charge in [0.25, 0.3) is 5.91 Å². The maximum Gasteiger partial charge on any atom is 0.260 e. The number of hydrogen-bond acceptors (Lipinski definition) is 4. The number of morpholine rings is 1.